The summed E-state index contributed by atoms with van der Waals surface area (Å²) in [5.74, 6) is 0.464. The zero-order valence-corrected chi connectivity index (χ0v) is 10.8. The summed E-state index contributed by atoms with van der Waals surface area (Å²) >= 11 is 3.22. The van der Waals surface area contributed by atoms with Gasteiger partial charge in [0.15, 0.2) is 0 Å². The molecule has 0 amide bonds. The summed E-state index contributed by atoms with van der Waals surface area (Å²) in [5.41, 5.74) is 0. The van der Waals surface area contributed by atoms with Crippen molar-refractivity contribution in [1.82, 2.24) is 0 Å². The molecule has 14 heavy (non-hydrogen) atoms. The molecule has 1 atom stereocenters. The van der Waals surface area contributed by atoms with Crippen LogP contribution in [0, 0.1) is 5.92 Å². The van der Waals surface area contributed by atoms with Crippen LogP contribution in [0.1, 0.15) is 46.0 Å². The van der Waals surface area contributed by atoms with Crippen molar-refractivity contribution in [3.63, 3.8) is 0 Å². The van der Waals surface area contributed by atoms with Crippen LogP contribution in [-0.4, -0.2) is 17.9 Å². The Morgan fingerprint density at radius 3 is 2.64 bits per heavy atom. The van der Waals surface area contributed by atoms with Gasteiger partial charge in [0.05, 0.1) is 13.0 Å². The van der Waals surface area contributed by atoms with Crippen molar-refractivity contribution in [2.75, 3.05) is 11.9 Å². The number of esters is 1. The molecule has 0 aliphatic heterocycles. The molecule has 0 aromatic carbocycles. The predicted molar refractivity (Wildman–Crippen MR) is 62.7 cm³/mol. The molecule has 0 aromatic heterocycles. The third-order valence-corrected chi connectivity index (χ3v) is 2.72. The summed E-state index contributed by atoms with van der Waals surface area (Å²) in [6, 6.07) is 0. The van der Waals surface area contributed by atoms with E-state index in [1.165, 1.54) is 19.3 Å². The van der Waals surface area contributed by atoms with Gasteiger partial charge in [-0.05, 0) is 12.3 Å². The molecule has 0 radical (unpaired) electrons. The Hall–Kier alpha value is -0.0500. The third-order valence-electron chi connectivity index (χ3n) is 2.32. The van der Waals surface area contributed by atoms with Crippen molar-refractivity contribution in [2.24, 2.45) is 5.92 Å². The van der Waals surface area contributed by atoms with Gasteiger partial charge >= 0.3 is 5.97 Å². The zero-order valence-electron chi connectivity index (χ0n) is 9.22. The summed E-state index contributed by atoms with van der Waals surface area (Å²) in [6.07, 6.45) is 5.20. The number of alkyl halides is 1. The second-order valence-electron chi connectivity index (χ2n) is 3.54. The van der Waals surface area contributed by atoms with Crippen LogP contribution in [0.15, 0.2) is 0 Å². The Morgan fingerprint density at radius 2 is 2.14 bits per heavy atom. The summed E-state index contributed by atoms with van der Waals surface area (Å²) in [6.45, 7) is 4.94. The molecule has 0 N–H and O–H groups in total. The first kappa shape index (κ1) is 13.9. The Labute approximate surface area is 95.5 Å². The lowest BCUT2D eigenvalue weighted by molar-refractivity contribution is -0.144. The van der Waals surface area contributed by atoms with E-state index in [4.69, 9.17) is 4.74 Å². The summed E-state index contributed by atoms with van der Waals surface area (Å²) in [7, 11) is 0. The van der Waals surface area contributed by atoms with Crippen molar-refractivity contribution < 1.29 is 9.53 Å². The van der Waals surface area contributed by atoms with E-state index < -0.39 is 0 Å². The number of carbonyl (C=O) groups excluding carboxylic acids is 1. The molecule has 0 saturated carbocycles. The SMILES string of the molecule is CCCC[C@@H](CC)COC(=O)CCBr. The standard InChI is InChI=1S/C11H21BrO2/c1-3-5-6-10(4-2)9-14-11(13)7-8-12/h10H,3-9H2,1-2H3/t10-/m1/s1. The smallest absolute Gasteiger partial charge is 0.306 e. The first-order chi connectivity index (χ1) is 6.74. The van der Waals surface area contributed by atoms with E-state index in [2.05, 4.69) is 29.8 Å². The molecular formula is C11H21BrO2. The summed E-state index contributed by atoms with van der Waals surface area (Å²) in [4.78, 5) is 11.1. The Morgan fingerprint density at radius 1 is 1.43 bits per heavy atom. The van der Waals surface area contributed by atoms with E-state index >= 15 is 0 Å². The van der Waals surface area contributed by atoms with E-state index in [9.17, 15) is 4.79 Å². The molecular weight excluding hydrogens is 244 g/mol. The average molecular weight is 265 g/mol. The average Bonchev–Trinajstić information content (AvgIpc) is 2.19. The Bertz CT molecular complexity index is 148. The molecule has 0 heterocycles. The molecule has 3 heteroatoms. The topological polar surface area (TPSA) is 26.3 Å². The van der Waals surface area contributed by atoms with Gasteiger partial charge in [0.1, 0.15) is 0 Å². The van der Waals surface area contributed by atoms with Crippen LogP contribution >= 0.6 is 15.9 Å². The molecule has 84 valence electrons. The molecule has 0 aromatic rings. The van der Waals surface area contributed by atoms with Gasteiger partial charge in [0.25, 0.3) is 0 Å². The molecule has 0 saturated heterocycles. The number of ether oxygens (including phenoxy) is 1. The van der Waals surface area contributed by atoms with Crippen LogP contribution in [-0.2, 0) is 9.53 Å². The fourth-order valence-corrected chi connectivity index (χ4v) is 1.58. The van der Waals surface area contributed by atoms with E-state index in [0.717, 1.165) is 6.42 Å². The van der Waals surface area contributed by atoms with E-state index in [1.54, 1.807) is 0 Å². The minimum absolute atomic E-state index is 0.0863. The fraction of sp³-hybridized carbons (Fsp3) is 0.909. The summed E-state index contributed by atoms with van der Waals surface area (Å²) < 4.78 is 5.16. The quantitative estimate of drug-likeness (QED) is 0.495. The second kappa shape index (κ2) is 9.50. The Balaban J connectivity index is 3.55. The lowest BCUT2D eigenvalue weighted by Crippen LogP contribution is -2.13. The number of unbranched alkanes of at least 4 members (excludes halogenated alkanes) is 1. The molecule has 0 fully saturated rings. The van der Waals surface area contributed by atoms with Crippen LogP contribution < -0.4 is 0 Å². The van der Waals surface area contributed by atoms with Gasteiger partial charge in [-0.3, -0.25) is 4.79 Å². The van der Waals surface area contributed by atoms with Crippen LogP contribution in [0.4, 0.5) is 0 Å². The molecule has 0 unspecified atom stereocenters. The van der Waals surface area contributed by atoms with Gasteiger partial charge in [-0.1, -0.05) is 49.0 Å². The van der Waals surface area contributed by atoms with E-state index in [0.29, 0.717) is 24.3 Å². The summed E-state index contributed by atoms with van der Waals surface area (Å²) in [5, 5.41) is 0.692. The zero-order chi connectivity index (χ0) is 10.8. The van der Waals surface area contributed by atoms with Gasteiger partial charge in [0, 0.05) is 5.33 Å². The highest BCUT2D eigenvalue weighted by Crippen LogP contribution is 2.13. The maximum absolute atomic E-state index is 11.1. The molecule has 0 spiro atoms. The van der Waals surface area contributed by atoms with Crippen molar-refractivity contribution in [3.05, 3.63) is 0 Å². The van der Waals surface area contributed by atoms with Crippen LogP contribution in [0.2, 0.25) is 0 Å². The highest BCUT2D eigenvalue weighted by Gasteiger charge is 2.09. The number of carbonyl (C=O) groups is 1. The van der Waals surface area contributed by atoms with Gasteiger partial charge in [-0.25, -0.2) is 0 Å². The minimum atomic E-state index is -0.0863. The minimum Gasteiger partial charge on any atom is -0.465 e. The van der Waals surface area contributed by atoms with Gasteiger partial charge in [-0.15, -0.1) is 0 Å². The lowest BCUT2D eigenvalue weighted by atomic mass is 10.0. The molecule has 0 rings (SSSR count). The van der Waals surface area contributed by atoms with Crippen molar-refractivity contribution >= 4 is 21.9 Å². The van der Waals surface area contributed by atoms with Crippen molar-refractivity contribution in [2.45, 2.75) is 46.0 Å². The molecule has 2 nitrogen and oxygen atoms in total. The van der Waals surface area contributed by atoms with E-state index in [1.807, 2.05) is 0 Å². The van der Waals surface area contributed by atoms with E-state index in [-0.39, 0.29) is 5.97 Å². The predicted octanol–water partition coefficient (Wildman–Crippen LogP) is 3.53. The first-order valence-electron chi connectivity index (χ1n) is 5.46. The van der Waals surface area contributed by atoms with Crippen LogP contribution in [0.3, 0.4) is 0 Å². The number of rotatable bonds is 8. The number of halogens is 1. The Kier molecular flexibility index (Phi) is 9.47. The van der Waals surface area contributed by atoms with Crippen LogP contribution in [0.25, 0.3) is 0 Å². The van der Waals surface area contributed by atoms with Crippen molar-refractivity contribution in [3.8, 4) is 0 Å². The highest BCUT2D eigenvalue weighted by atomic mass is 79.9. The van der Waals surface area contributed by atoms with Gasteiger partial charge in [0.2, 0.25) is 0 Å². The van der Waals surface area contributed by atoms with Gasteiger partial charge < -0.3 is 4.74 Å². The second-order valence-corrected chi connectivity index (χ2v) is 4.33. The number of hydrogen-bond donors (Lipinski definition) is 0. The lowest BCUT2D eigenvalue weighted by Gasteiger charge is -2.14. The molecule has 0 aliphatic rings. The highest BCUT2D eigenvalue weighted by molar-refractivity contribution is 9.09. The monoisotopic (exact) mass is 264 g/mol. The normalized spacial score (nSPS) is 12.5. The largest absolute Gasteiger partial charge is 0.465 e. The van der Waals surface area contributed by atoms with Crippen LogP contribution in [0.5, 0.6) is 0 Å². The maximum Gasteiger partial charge on any atom is 0.306 e. The fourth-order valence-electron chi connectivity index (χ4n) is 1.26. The third kappa shape index (κ3) is 7.36. The van der Waals surface area contributed by atoms with Crippen molar-refractivity contribution in [1.29, 1.82) is 0 Å². The molecule has 0 bridgehead atoms. The first-order valence-corrected chi connectivity index (χ1v) is 6.58. The number of hydrogen-bond acceptors (Lipinski definition) is 2. The van der Waals surface area contributed by atoms with Gasteiger partial charge in [-0.2, -0.15) is 0 Å². The maximum atomic E-state index is 11.1. The molecule has 0 aliphatic carbocycles.